The molecule has 4 rings (SSSR count). The van der Waals surface area contributed by atoms with Crippen molar-refractivity contribution in [3.63, 3.8) is 0 Å². The summed E-state index contributed by atoms with van der Waals surface area (Å²) in [5, 5.41) is 2.31. The molecule has 1 unspecified atom stereocenters. The zero-order chi connectivity index (χ0) is 27.0. The normalized spacial score (nSPS) is 15.7. The molecule has 0 radical (unpaired) electrons. The van der Waals surface area contributed by atoms with Crippen LogP contribution in [0.15, 0.2) is 66.7 Å². The van der Waals surface area contributed by atoms with E-state index in [2.05, 4.69) is 5.32 Å². The van der Waals surface area contributed by atoms with Gasteiger partial charge in [0.05, 0.1) is 16.8 Å². The third-order valence-corrected chi connectivity index (χ3v) is 5.74. The number of nitrogens with zero attached hydrogens (tertiary/aromatic N) is 1. The molecule has 194 valence electrons. The van der Waals surface area contributed by atoms with Gasteiger partial charge in [0, 0.05) is 23.9 Å². The van der Waals surface area contributed by atoms with Crippen LogP contribution >= 0.6 is 0 Å². The topological polar surface area (TPSA) is 58.6 Å². The molecule has 1 N–H and O–H groups in total. The van der Waals surface area contributed by atoms with E-state index in [1.165, 1.54) is 23.1 Å². The fraction of sp³-hybridized carbons (Fsp3) is 0.231. The van der Waals surface area contributed by atoms with Gasteiger partial charge in [-0.1, -0.05) is 30.3 Å². The summed E-state index contributed by atoms with van der Waals surface area (Å²) in [4.78, 5) is 26.9. The highest BCUT2D eigenvalue weighted by atomic mass is 19.4. The number of carbonyl (C=O) groups excluding carboxylic acids is 2. The third-order valence-electron chi connectivity index (χ3n) is 5.74. The fourth-order valence-electron chi connectivity index (χ4n) is 3.89. The maximum Gasteiger partial charge on any atom is 0.416 e. The maximum atomic E-state index is 13.1. The first-order valence-electron chi connectivity index (χ1n) is 11.1. The second-order valence-electron chi connectivity index (χ2n) is 8.42. The lowest BCUT2D eigenvalue weighted by molar-refractivity contribution is -0.143. The number of fused-ring (bicyclic) bond motifs is 1. The van der Waals surface area contributed by atoms with E-state index in [4.69, 9.17) is 4.74 Å². The minimum Gasteiger partial charge on any atom is -0.479 e. The lowest BCUT2D eigenvalue weighted by Gasteiger charge is -2.33. The average Bonchev–Trinajstić information content (AvgIpc) is 2.83. The van der Waals surface area contributed by atoms with Crippen LogP contribution in [0.1, 0.15) is 34.0 Å². The van der Waals surface area contributed by atoms with E-state index in [0.717, 1.165) is 5.56 Å². The second kappa shape index (κ2) is 9.79. The molecular formula is C26H20F6N2O3. The first-order chi connectivity index (χ1) is 17.3. The number of rotatable bonds is 5. The van der Waals surface area contributed by atoms with Gasteiger partial charge < -0.3 is 15.0 Å². The summed E-state index contributed by atoms with van der Waals surface area (Å²) in [6.45, 7) is 1.90. The minimum atomic E-state index is -5.08. The molecule has 0 bridgehead atoms. The number of anilines is 2. The standard InChI is InChI=1S/C26H20F6N2O3/c1-15-24(36)34(10-9-16-5-3-2-4-6-16)21-8-7-20(14-22(21)37-15)33-23(35)17-11-18(25(27,28)29)13-19(12-17)26(30,31)32/h2-8,11-15H,9-10H2,1H3,(H,33,35). The van der Waals surface area contributed by atoms with Gasteiger partial charge in [0.2, 0.25) is 0 Å². The van der Waals surface area contributed by atoms with Gasteiger partial charge in [-0.25, -0.2) is 0 Å². The number of ether oxygens (including phenoxy) is 1. The third kappa shape index (κ3) is 5.87. The van der Waals surface area contributed by atoms with Gasteiger partial charge in [-0.15, -0.1) is 0 Å². The Balaban J connectivity index is 1.59. The summed E-state index contributed by atoms with van der Waals surface area (Å²) in [5.41, 5.74) is -2.49. The number of halogens is 6. The summed E-state index contributed by atoms with van der Waals surface area (Å²) in [6.07, 6.45) is -10.4. The van der Waals surface area contributed by atoms with Crippen LogP contribution in [0, 0.1) is 0 Å². The van der Waals surface area contributed by atoms with Crippen molar-refractivity contribution >= 4 is 23.2 Å². The summed E-state index contributed by atoms with van der Waals surface area (Å²) in [5.74, 6) is -1.21. The maximum absolute atomic E-state index is 13.1. The molecule has 1 aliphatic heterocycles. The quantitative estimate of drug-likeness (QED) is 0.399. The van der Waals surface area contributed by atoms with Crippen LogP contribution in [0.5, 0.6) is 5.75 Å². The van der Waals surface area contributed by atoms with Crippen LogP contribution in [0.25, 0.3) is 0 Å². The lowest BCUT2D eigenvalue weighted by Crippen LogP contribution is -2.45. The predicted octanol–water partition coefficient (Wildman–Crippen LogP) is 6.33. The van der Waals surface area contributed by atoms with Gasteiger partial charge in [0.15, 0.2) is 6.10 Å². The summed E-state index contributed by atoms with van der Waals surface area (Å²) >= 11 is 0. The molecule has 1 atom stereocenters. The van der Waals surface area contributed by atoms with Crippen LogP contribution < -0.4 is 15.0 Å². The molecule has 3 aromatic rings. The highest BCUT2D eigenvalue weighted by Gasteiger charge is 2.37. The molecule has 3 aromatic carbocycles. The summed E-state index contributed by atoms with van der Waals surface area (Å²) in [7, 11) is 0. The molecule has 1 aliphatic rings. The monoisotopic (exact) mass is 522 g/mol. The Labute approximate surface area is 207 Å². The van der Waals surface area contributed by atoms with Gasteiger partial charge in [0.25, 0.3) is 11.8 Å². The number of alkyl halides is 6. The Morgan fingerprint density at radius 1 is 0.919 bits per heavy atom. The van der Waals surface area contributed by atoms with E-state index in [1.807, 2.05) is 30.3 Å². The van der Waals surface area contributed by atoms with Crippen molar-refractivity contribution in [2.24, 2.45) is 0 Å². The lowest BCUT2D eigenvalue weighted by atomic mass is 10.0. The second-order valence-corrected chi connectivity index (χ2v) is 8.42. The fourth-order valence-corrected chi connectivity index (χ4v) is 3.89. The zero-order valence-corrected chi connectivity index (χ0v) is 19.3. The Morgan fingerprint density at radius 2 is 1.54 bits per heavy atom. The van der Waals surface area contributed by atoms with Gasteiger partial charge >= 0.3 is 12.4 Å². The van der Waals surface area contributed by atoms with E-state index in [-0.39, 0.29) is 23.4 Å². The molecule has 0 spiro atoms. The van der Waals surface area contributed by atoms with Gasteiger partial charge in [-0.2, -0.15) is 26.3 Å². The van der Waals surface area contributed by atoms with Crippen molar-refractivity contribution in [2.45, 2.75) is 31.8 Å². The van der Waals surface area contributed by atoms with Crippen LogP contribution in [0.4, 0.5) is 37.7 Å². The Bertz CT molecular complexity index is 1290. The zero-order valence-electron chi connectivity index (χ0n) is 19.3. The summed E-state index contributed by atoms with van der Waals surface area (Å²) < 4.78 is 84.5. The van der Waals surface area contributed by atoms with Crippen molar-refractivity contribution < 1.29 is 40.7 Å². The predicted molar refractivity (Wildman–Crippen MR) is 123 cm³/mol. The number of amides is 2. The number of carbonyl (C=O) groups is 2. The van der Waals surface area contributed by atoms with Crippen molar-refractivity contribution in [2.75, 3.05) is 16.8 Å². The van der Waals surface area contributed by atoms with Crippen molar-refractivity contribution in [1.82, 2.24) is 0 Å². The van der Waals surface area contributed by atoms with Crippen molar-refractivity contribution in [3.8, 4) is 5.75 Å². The molecule has 11 heteroatoms. The van der Waals surface area contributed by atoms with Crippen LogP contribution in [0.2, 0.25) is 0 Å². The molecule has 0 fully saturated rings. The molecule has 0 saturated heterocycles. The SMILES string of the molecule is CC1Oc2cc(NC(=O)c3cc(C(F)(F)F)cc(C(F)(F)F)c3)ccc2N(CCc2ccccc2)C1=O. The van der Waals surface area contributed by atoms with Gasteiger partial charge in [-0.05, 0) is 49.2 Å². The minimum absolute atomic E-state index is 0.0497. The first-order valence-corrected chi connectivity index (χ1v) is 11.1. The highest BCUT2D eigenvalue weighted by molar-refractivity contribution is 6.05. The molecule has 0 aromatic heterocycles. The van der Waals surface area contributed by atoms with Crippen LogP contribution in [-0.2, 0) is 23.6 Å². The van der Waals surface area contributed by atoms with Crippen molar-refractivity contribution in [3.05, 3.63) is 89.0 Å². The van der Waals surface area contributed by atoms with E-state index in [9.17, 15) is 35.9 Å². The van der Waals surface area contributed by atoms with Gasteiger partial charge in [0.1, 0.15) is 5.75 Å². The number of nitrogens with one attached hydrogen (secondary N) is 1. The first kappa shape index (κ1) is 26.1. The largest absolute Gasteiger partial charge is 0.479 e. The summed E-state index contributed by atoms with van der Waals surface area (Å²) in [6, 6.07) is 14.4. The van der Waals surface area contributed by atoms with Crippen LogP contribution in [-0.4, -0.2) is 24.5 Å². The number of hydrogen-bond acceptors (Lipinski definition) is 3. The van der Waals surface area contributed by atoms with E-state index < -0.39 is 41.1 Å². The Morgan fingerprint density at radius 3 is 2.14 bits per heavy atom. The van der Waals surface area contributed by atoms with E-state index in [1.54, 1.807) is 6.92 Å². The molecule has 5 nitrogen and oxygen atoms in total. The van der Waals surface area contributed by atoms with E-state index in [0.29, 0.717) is 30.8 Å². The number of benzene rings is 3. The highest BCUT2D eigenvalue weighted by Crippen LogP contribution is 2.38. The van der Waals surface area contributed by atoms with E-state index >= 15 is 0 Å². The Hall–Kier alpha value is -4.02. The molecule has 37 heavy (non-hydrogen) atoms. The van der Waals surface area contributed by atoms with Crippen LogP contribution in [0.3, 0.4) is 0 Å². The van der Waals surface area contributed by atoms with Crippen molar-refractivity contribution in [1.29, 1.82) is 0 Å². The molecule has 1 heterocycles. The Kier molecular flexibility index (Phi) is 6.90. The molecule has 0 saturated carbocycles. The molecular weight excluding hydrogens is 502 g/mol. The molecule has 0 aliphatic carbocycles. The smallest absolute Gasteiger partial charge is 0.416 e. The average molecular weight is 522 g/mol. The number of hydrogen-bond donors (Lipinski definition) is 1. The molecule has 2 amide bonds. The van der Waals surface area contributed by atoms with Gasteiger partial charge in [-0.3, -0.25) is 9.59 Å².